The van der Waals surface area contributed by atoms with Gasteiger partial charge in [-0.2, -0.15) is 0 Å². The first-order valence-electron chi connectivity index (χ1n) is 6.78. The minimum absolute atomic E-state index is 0.0635. The van der Waals surface area contributed by atoms with E-state index in [1.54, 1.807) is 0 Å². The van der Waals surface area contributed by atoms with Crippen LogP contribution in [0.2, 0.25) is 0 Å². The summed E-state index contributed by atoms with van der Waals surface area (Å²) in [5.41, 5.74) is 0.662. The molecule has 0 saturated heterocycles. The van der Waals surface area contributed by atoms with Gasteiger partial charge in [-0.1, -0.05) is 19.1 Å². The number of carboxylic acids is 1. The number of halogens is 1. The molecule has 116 valence electrons. The molecular formula is C15H20FNO4. The highest BCUT2D eigenvalue weighted by Crippen LogP contribution is 2.08. The summed E-state index contributed by atoms with van der Waals surface area (Å²) in [5.74, 6) is -1.88. The summed E-state index contributed by atoms with van der Waals surface area (Å²) in [7, 11) is 0. The first-order chi connectivity index (χ1) is 9.92. The summed E-state index contributed by atoms with van der Waals surface area (Å²) in [5, 5.41) is 8.88. The molecule has 0 aliphatic carbocycles. The summed E-state index contributed by atoms with van der Waals surface area (Å²) in [6, 6.07) is 5.59. The number of nitrogens with zero attached hydrogens (tertiary/aromatic N) is 1. The molecule has 1 amide bonds. The molecule has 0 aliphatic rings. The Morgan fingerprint density at radius 1 is 1.33 bits per heavy atom. The maximum absolute atomic E-state index is 12.8. The van der Waals surface area contributed by atoms with Crippen LogP contribution in [0.5, 0.6) is 0 Å². The maximum Gasteiger partial charge on any atom is 0.323 e. The van der Waals surface area contributed by atoms with Gasteiger partial charge < -0.3 is 14.7 Å². The van der Waals surface area contributed by atoms with Crippen molar-refractivity contribution in [3.05, 3.63) is 35.6 Å². The topological polar surface area (TPSA) is 66.8 Å². The van der Waals surface area contributed by atoms with Crippen molar-refractivity contribution < 1.29 is 23.8 Å². The lowest BCUT2D eigenvalue weighted by Crippen LogP contribution is -2.38. The molecule has 0 radical (unpaired) electrons. The number of ether oxygens (including phenoxy) is 1. The molecule has 1 aromatic carbocycles. The van der Waals surface area contributed by atoms with Gasteiger partial charge in [0.25, 0.3) is 0 Å². The predicted molar refractivity (Wildman–Crippen MR) is 75.2 cm³/mol. The van der Waals surface area contributed by atoms with Gasteiger partial charge >= 0.3 is 5.97 Å². The molecule has 0 heterocycles. The van der Waals surface area contributed by atoms with E-state index in [0.29, 0.717) is 5.56 Å². The number of aliphatic carboxylic acids is 1. The van der Waals surface area contributed by atoms with Crippen LogP contribution >= 0.6 is 0 Å². The van der Waals surface area contributed by atoms with Crippen molar-refractivity contribution >= 4 is 11.9 Å². The molecule has 1 atom stereocenters. The van der Waals surface area contributed by atoms with E-state index in [1.165, 1.54) is 29.2 Å². The van der Waals surface area contributed by atoms with Crippen molar-refractivity contribution in [3.8, 4) is 0 Å². The van der Waals surface area contributed by atoms with Gasteiger partial charge in [0.1, 0.15) is 19.0 Å². The fourth-order valence-electron chi connectivity index (χ4n) is 1.63. The normalized spacial score (nSPS) is 12.0. The summed E-state index contributed by atoms with van der Waals surface area (Å²) < 4.78 is 18.2. The number of benzene rings is 1. The number of carbonyl (C=O) groups excluding carboxylic acids is 1. The molecule has 0 fully saturated rings. The highest BCUT2D eigenvalue weighted by Gasteiger charge is 2.18. The number of hydrogen-bond acceptors (Lipinski definition) is 3. The summed E-state index contributed by atoms with van der Waals surface area (Å²) in [4.78, 5) is 24.1. The molecule has 21 heavy (non-hydrogen) atoms. The van der Waals surface area contributed by atoms with E-state index in [1.807, 2.05) is 13.8 Å². The van der Waals surface area contributed by atoms with Gasteiger partial charge in [0.05, 0.1) is 6.10 Å². The average molecular weight is 297 g/mol. The van der Waals surface area contributed by atoms with Crippen molar-refractivity contribution in [3.63, 3.8) is 0 Å². The highest BCUT2D eigenvalue weighted by atomic mass is 19.1. The smallest absolute Gasteiger partial charge is 0.323 e. The number of rotatable bonds is 8. The lowest BCUT2D eigenvalue weighted by molar-refractivity contribution is -0.147. The fraction of sp³-hybridized carbons (Fsp3) is 0.467. The van der Waals surface area contributed by atoms with Crippen LogP contribution in [0.15, 0.2) is 24.3 Å². The summed E-state index contributed by atoms with van der Waals surface area (Å²) in [6.07, 6.45) is 0.705. The SMILES string of the molecule is CCC(C)OCC(=O)N(CC(=O)O)Cc1ccc(F)cc1. The largest absolute Gasteiger partial charge is 0.480 e. The Hall–Kier alpha value is -1.95. The van der Waals surface area contributed by atoms with E-state index in [4.69, 9.17) is 9.84 Å². The standard InChI is InChI=1S/C15H20FNO4/c1-3-11(2)21-10-14(18)17(9-15(19)20)8-12-4-6-13(16)7-5-12/h4-7,11H,3,8-10H2,1-2H3,(H,19,20). The Morgan fingerprint density at radius 3 is 2.48 bits per heavy atom. The minimum Gasteiger partial charge on any atom is -0.480 e. The van der Waals surface area contributed by atoms with Crippen LogP contribution in [0.3, 0.4) is 0 Å². The van der Waals surface area contributed by atoms with Gasteiger partial charge in [-0.15, -0.1) is 0 Å². The minimum atomic E-state index is -1.10. The molecule has 6 heteroatoms. The van der Waals surface area contributed by atoms with Crippen LogP contribution in [0.1, 0.15) is 25.8 Å². The number of amides is 1. The summed E-state index contributed by atoms with van der Waals surface area (Å²) in [6.45, 7) is 3.30. The van der Waals surface area contributed by atoms with E-state index in [2.05, 4.69) is 0 Å². The van der Waals surface area contributed by atoms with E-state index >= 15 is 0 Å². The van der Waals surface area contributed by atoms with Crippen LogP contribution in [0.4, 0.5) is 4.39 Å². The second-order valence-electron chi connectivity index (χ2n) is 4.80. The predicted octanol–water partition coefficient (Wildman–Crippen LogP) is 2.05. The van der Waals surface area contributed by atoms with E-state index in [-0.39, 0.29) is 25.1 Å². The van der Waals surface area contributed by atoms with Crippen molar-refractivity contribution in [2.75, 3.05) is 13.2 Å². The number of carboxylic acid groups (broad SMARTS) is 1. The second kappa shape index (κ2) is 8.36. The number of hydrogen-bond donors (Lipinski definition) is 1. The van der Waals surface area contributed by atoms with E-state index in [9.17, 15) is 14.0 Å². The van der Waals surface area contributed by atoms with Crippen LogP contribution in [-0.4, -0.2) is 41.1 Å². The van der Waals surface area contributed by atoms with Crippen LogP contribution < -0.4 is 0 Å². The number of carbonyl (C=O) groups is 2. The third-order valence-corrected chi connectivity index (χ3v) is 3.03. The van der Waals surface area contributed by atoms with Gasteiger partial charge in [-0.05, 0) is 31.0 Å². The molecular weight excluding hydrogens is 277 g/mol. The molecule has 1 unspecified atom stereocenters. The molecule has 0 bridgehead atoms. The zero-order valence-electron chi connectivity index (χ0n) is 12.2. The third kappa shape index (κ3) is 6.35. The quantitative estimate of drug-likeness (QED) is 0.797. The molecule has 5 nitrogen and oxygen atoms in total. The maximum atomic E-state index is 12.8. The first-order valence-corrected chi connectivity index (χ1v) is 6.78. The Balaban J connectivity index is 2.68. The fourth-order valence-corrected chi connectivity index (χ4v) is 1.63. The third-order valence-electron chi connectivity index (χ3n) is 3.03. The van der Waals surface area contributed by atoms with Crippen molar-refractivity contribution in [1.82, 2.24) is 4.90 Å². The van der Waals surface area contributed by atoms with Gasteiger partial charge in [-0.3, -0.25) is 9.59 Å². The second-order valence-corrected chi connectivity index (χ2v) is 4.80. The molecule has 0 spiro atoms. The highest BCUT2D eigenvalue weighted by molar-refractivity contribution is 5.82. The average Bonchev–Trinajstić information content (AvgIpc) is 2.45. The Kier molecular flexibility index (Phi) is 6.81. The van der Waals surface area contributed by atoms with E-state index in [0.717, 1.165) is 6.42 Å². The van der Waals surface area contributed by atoms with Gasteiger partial charge in [0.15, 0.2) is 0 Å². The van der Waals surface area contributed by atoms with Crippen LogP contribution in [0.25, 0.3) is 0 Å². The molecule has 1 aromatic rings. The first kappa shape index (κ1) is 17.1. The Bertz CT molecular complexity index is 475. The Morgan fingerprint density at radius 2 is 1.95 bits per heavy atom. The lowest BCUT2D eigenvalue weighted by atomic mass is 10.2. The van der Waals surface area contributed by atoms with Crippen molar-refractivity contribution in [2.24, 2.45) is 0 Å². The van der Waals surface area contributed by atoms with E-state index < -0.39 is 18.4 Å². The molecule has 0 aromatic heterocycles. The lowest BCUT2D eigenvalue weighted by Gasteiger charge is -2.21. The van der Waals surface area contributed by atoms with Crippen LogP contribution in [0, 0.1) is 5.82 Å². The zero-order valence-corrected chi connectivity index (χ0v) is 12.2. The Labute approximate surface area is 123 Å². The molecule has 1 N–H and O–H groups in total. The van der Waals surface area contributed by atoms with Crippen molar-refractivity contribution in [1.29, 1.82) is 0 Å². The monoisotopic (exact) mass is 297 g/mol. The molecule has 1 rings (SSSR count). The molecule has 0 saturated carbocycles. The molecule has 0 aliphatic heterocycles. The van der Waals surface area contributed by atoms with Crippen LogP contribution in [-0.2, 0) is 20.9 Å². The van der Waals surface area contributed by atoms with Gasteiger partial charge in [0.2, 0.25) is 5.91 Å². The summed E-state index contributed by atoms with van der Waals surface area (Å²) >= 11 is 0. The van der Waals surface area contributed by atoms with Gasteiger partial charge in [0, 0.05) is 6.54 Å². The van der Waals surface area contributed by atoms with Gasteiger partial charge in [-0.25, -0.2) is 4.39 Å². The van der Waals surface area contributed by atoms with Crippen molar-refractivity contribution in [2.45, 2.75) is 32.9 Å². The zero-order chi connectivity index (χ0) is 15.8.